The summed E-state index contributed by atoms with van der Waals surface area (Å²) in [5.74, 6) is 0.410. The first-order chi connectivity index (χ1) is 10.0. The number of carboxylic acids is 1. The van der Waals surface area contributed by atoms with E-state index in [1.807, 2.05) is 0 Å². The molecule has 0 aliphatic heterocycles. The first-order valence-electron chi connectivity index (χ1n) is 6.90. The van der Waals surface area contributed by atoms with E-state index < -0.39 is 12.0 Å². The van der Waals surface area contributed by atoms with Gasteiger partial charge in [0.1, 0.15) is 0 Å². The third kappa shape index (κ3) is 6.87. The van der Waals surface area contributed by atoms with Crippen LogP contribution in [0.25, 0.3) is 0 Å². The summed E-state index contributed by atoms with van der Waals surface area (Å²) < 4.78 is 0. The van der Waals surface area contributed by atoms with Crippen LogP contribution in [-0.4, -0.2) is 28.5 Å². The molecule has 1 aromatic carbocycles. The second-order valence-electron chi connectivity index (χ2n) is 4.61. The average molecular weight is 330 g/mol. The van der Waals surface area contributed by atoms with Crippen LogP contribution < -0.4 is 5.32 Å². The van der Waals surface area contributed by atoms with Crippen LogP contribution in [0.2, 0.25) is 5.02 Å². The Morgan fingerprint density at radius 3 is 2.52 bits per heavy atom. The van der Waals surface area contributed by atoms with Crippen molar-refractivity contribution in [1.29, 1.82) is 0 Å². The van der Waals surface area contributed by atoms with Crippen molar-refractivity contribution in [3.05, 3.63) is 34.9 Å². The van der Waals surface area contributed by atoms with E-state index in [1.165, 1.54) is 0 Å². The topological polar surface area (TPSA) is 66.4 Å². The zero-order valence-corrected chi connectivity index (χ0v) is 13.5. The molecule has 1 rings (SSSR count). The molecule has 21 heavy (non-hydrogen) atoms. The minimum atomic E-state index is -1.08. The highest BCUT2D eigenvalue weighted by atomic mass is 35.5. The number of hydrogen-bond donors (Lipinski definition) is 2. The lowest BCUT2D eigenvalue weighted by Gasteiger charge is -2.15. The van der Waals surface area contributed by atoms with Crippen molar-refractivity contribution in [2.45, 2.75) is 32.2 Å². The number of halogens is 1. The lowest BCUT2D eigenvalue weighted by molar-refractivity contribution is -0.142. The number of rotatable bonds is 9. The van der Waals surface area contributed by atoms with Crippen LogP contribution in [-0.2, 0) is 9.59 Å². The molecule has 6 heteroatoms. The van der Waals surface area contributed by atoms with Gasteiger partial charge in [0.05, 0.1) is 0 Å². The smallest absolute Gasteiger partial charge is 0.330 e. The Kier molecular flexibility index (Phi) is 8.23. The first kappa shape index (κ1) is 17.9. The molecule has 0 fully saturated rings. The summed E-state index contributed by atoms with van der Waals surface area (Å²) in [5.41, 5.74) is 0.513. The van der Waals surface area contributed by atoms with E-state index >= 15 is 0 Å². The summed E-state index contributed by atoms with van der Waals surface area (Å²) in [6, 6.07) is 5.41. The fourth-order valence-corrected chi connectivity index (χ4v) is 2.84. The number of carbonyl (C=O) groups excluding carboxylic acids is 1. The molecule has 0 aliphatic rings. The molecule has 0 radical (unpaired) electrons. The minimum Gasteiger partial charge on any atom is -0.479 e. The van der Waals surface area contributed by atoms with Gasteiger partial charge in [-0.25, -0.2) is 4.79 Å². The van der Waals surface area contributed by atoms with Gasteiger partial charge < -0.3 is 10.4 Å². The van der Waals surface area contributed by atoms with Crippen molar-refractivity contribution in [2.24, 2.45) is 0 Å². The van der Waals surface area contributed by atoms with Gasteiger partial charge in [0.2, 0.25) is 5.91 Å². The zero-order valence-electron chi connectivity index (χ0n) is 12.0. The fourth-order valence-electron chi connectivity index (χ4n) is 1.69. The molecule has 1 unspecified atom stereocenters. The van der Waals surface area contributed by atoms with Gasteiger partial charge in [-0.2, -0.15) is 11.8 Å². The molecule has 0 aliphatic carbocycles. The van der Waals surface area contributed by atoms with E-state index in [2.05, 4.69) is 12.2 Å². The molecule has 1 atom stereocenters. The maximum atomic E-state index is 11.8. The summed E-state index contributed by atoms with van der Waals surface area (Å²) in [6.45, 7) is 2.12. The molecule has 2 N–H and O–H groups in total. The summed E-state index contributed by atoms with van der Waals surface area (Å²) in [5, 5.41) is 12.3. The fraction of sp³-hybridized carbons (Fsp3) is 0.467. The molecular formula is C15H20ClNO3S. The summed E-state index contributed by atoms with van der Waals surface area (Å²) in [4.78, 5) is 23.1. The minimum absolute atomic E-state index is 0.249. The van der Waals surface area contributed by atoms with Crippen LogP contribution in [0.4, 0.5) is 0 Å². The highest BCUT2D eigenvalue weighted by Gasteiger charge is 2.21. The van der Waals surface area contributed by atoms with E-state index in [1.54, 1.807) is 36.0 Å². The number of amides is 1. The van der Waals surface area contributed by atoms with E-state index in [9.17, 15) is 14.7 Å². The number of benzene rings is 1. The zero-order chi connectivity index (χ0) is 15.7. The number of nitrogens with one attached hydrogen (secondary N) is 1. The highest BCUT2D eigenvalue weighted by molar-refractivity contribution is 7.99. The van der Waals surface area contributed by atoms with Gasteiger partial charge in [-0.1, -0.05) is 37.1 Å². The lowest BCUT2D eigenvalue weighted by Crippen LogP contribution is -2.33. The van der Waals surface area contributed by atoms with Crippen LogP contribution in [0.15, 0.2) is 24.3 Å². The molecule has 0 spiro atoms. The molecule has 0 saturated heterocycles. The maximum Gasteiger partial charge on any atom is 0.330 e. The largest absolute Gasteiger partial charge is 0.479 e. The van der Waals surface area contributed by atoms with Crippen LogP contribution >= 0.6 is 23.4 Å². The Bertz CT molecular complexity index is 464. The number of carbonyl (C=O) groups is 2. The van der Waals surface area contributed by atoms with E-state index in [-0.39, 0.29) is 5.91 Å². The van der Waals surface area contributed by atoms with Crippen molar-refractivity contribution in [3.63, 3.8) is 0 Å². The number of hydrogen-bond acceptors (Lipinski definition) is 3. The number of aliphatic carboxylic acids is 1. The van der Waals surface area contributed by atoms with Gasteiger partial charge in [0.15, 0.2) is 6.04 Å². The van der Waals surface area contributed by atoms with Crippen LogP contribution in [0.5, 0.6) is 0 Å². The quantitative estimate of drug-likeness (QED) is 0.680. The number of unbranched alkanes of at least 4 members (excludes halogenated alkanes) is 1. The van der Waals surface area contributed by atoms with E-state index in [0.717, 1.165) is 18.6 Å². The lowest BCUT2D eigenvalue weighted by atomic mass is 10.1. The first-order valence-corrected chi connectivity index (χ1v) is 8.43. The molecule has 0 saturated carbocycles. The van der Waals surface area contributed by atoms with E-state index in [0.29, 0.717) is 22.8 Å². The predicted octanol–water partition coefficient (Wildman–Crippen LogP) is 3.51. The van der Waals surface area contributed by atoms with Crippen molar-refractivity contribution in [1.82, 2.24) is 5.32 Å². The van der Waals surface area contributed by atoms with Crippen molar-refractivity contribution >= 4 is 35.2 Å². The Morgan fingerprint density at radius 2 is 1.95 bits per heavy atom. The van der Waals surface area contributed by atoms with Crippen LogP contribution in [0.3, 0.4) is 0 Å². The molecule has 4 nitrogen and oxygen atoms in total. The number of carboxylic acid groups (broad SMARTS) is 1. The van der Waals surface area contributed by atoms with Crippen molar-refractivity contribution < 1.29 is 14.7 Å². The average Bonchev–Trinajstić information content (AvgIpc) is 2.45. The monoisotopic (exact) mass is 329 g/mol. The third-order valence-electron chi connectivity index (χ3n) is 2.87. The van der Waals surface area contributed by atoms with Crippen molar-refractivity contribution in [3.8, 4) is 0 Å². The van der Waals surface area contributed by atoms with Crippen LogP contribution in [0.1, 0.15) is 37.8 Å². The van der Waals surface area contributed by atoms with Gasteiger partial charge in [0, 0.05) is 17.2 Å². The second-order valence-corrected chi connectivity index (χ2v) is 6.27. The summed E-state index contributed by atoms with van der Waals surface area (Å²) in [7, 11) is 0. The van der Waals surface area contributed by atoms with Gasteiger partial charge in [0.25, 0.3) is 0 Å². The SMILES string of the molecule is CCCCSCCC(=O)NC(C(=O)O)c1ccc(Cl)cc1. The second kappa shape index (κ2) is 9.68. The third-order valence-corrected chi connectivity index (χ3v) is 4.19. The van der Waals surface area contributed by atoms with Gasteiger partial charge in [-0.3, -0.25) is 4.79 Å². The molecule has 1 aromatic rings. The van der Waals surface area contributed by atoms with Crippen LogP contribution in [0, 0.1) is 0 Å². The summed E-state index contributed by atoms with van der Waals surface area (Å²) >= 11 is 7.49. The maximum absolute atomic E-state index is 11.8. The molecule has 0 bridgehead atoms. The van der Waals surface area contributed by atoms with Gasteiger partial charge >= 0.3 is 5.97 Å². The Hall–Kier alpha value is -1.20. The number of thioether (sulfide) groups is 1. The standard InChI is InChI=1S/C15H20ClNO3S/c1-2-3-9-21-10-8-13(18)17-14(15(19)20)11-4-6-12(16)7-5-11/h4-7,14H,2-3,8-10H2,1H3,(H,17,18)(H,19,20). The normalized spacial score (nSPS) is 11.9. The van der Waals surface area contributed by atoms with Crippen molar-refractivity contribution in [2.75, 3.05) is 11.5 Å². The highest BCUT2D eigenvalue weighted by Crippen LogP contribution is 2.17. The van der Waals surface area contributed by atoms with Gasteiger partial charge in [-0.05, 0) is 29.9 Å². The Balaban J connectivity index is 2.49. The molecule has 0 heterocycles. The molecule has 1 amide bonds. The van der Waals surface area contributed by atoms with E-state index in [4.69, 9.17) is 11.6 Å². The summed E-state index contributed by atoms with van der Waals surface area (Å²) in [6.07, 6.45) is 2.59. The predicted molar refractivity (Wildman–Crippen MR) is 86.8 cm³/mol. The Morgan fingerprint density at radius 1 is 1.29 bits per heavy atom. The molecule has 116 valence electrons. The Labute approximate surface area is 134 Å². The molecular weight excluding hydrogens is 310 g/mol. The van der Waals surface area contributed by atoms with Gasteiger partial charge in [-0.15, -0.1) is 0 Å². The molecule has 0 aromatic heterocycles.